The van der Waals surface area contributed by atoms with E-state index >= 15 is 0 Å². The molecule has 0 nitrogen and oxygen atoms in total. The van der Waals surface area contributed by atoms with Crippen molar-refractivity contribution in [2.75, 3.05) is 0 Å². The lowest BCUT2D eigenvalue weighted by Gasteiger charge is -2.43. The third-order valence-electron chi connectivity index (χ3n) is 6.85. The smallest absolute Gasteiger partial charge is 0.0358 e. The average molecular weight is 264 g/mol. The van der Waals surface area contributed by atoms with E-state index in [4.69, 9.17) is 0 Å². The topological polar surface area (TPSA) is 0 Å². The normalized spacial score (nSPS) is 39.8. The van der Waals surface area contributed by atoms with Crippen LogP contribution in [0, 0.1) is 35.5 Å². The second-order valence-electron chi connectivity index (χ2n) is 7.76. The van der Waals surface area contributed by atoms with Gasteiger partial charge in [0.05, 0.1) is 0 Å². The van der Waals surface area contributed by atoms with Crippen LogP contribution in [0.4, 0.5) is 0 Å². The van der Waals surface area contributed by atoms with Gasteiger partial charge in [-0.3, -0.25) is 0 Å². The molecule has 0 aromatic heterocycles. The third kappa shape index (κ3) is 3.56. The minimum atomic E-state index is 0.951. The molecule has 0 bridgehead atoms. The fourth-order valence-corrected chi connectivity index (χ4v) is 5.34. The fourth-order valence-electron chi connectivity index (χ4n) is 5.34. The first-order chi connectivity index (χ1) is 9.15. The van der Waals surface area contributed by atoms with Gasteiger partial charge in [0.15, 0.2) is 0 Å². The quantitative estimate of drug-likeness (QED) is 0.559. The van der Waals surface area contributed by atoms with Crippen LogP contribution in [-0.2, 0) is 0 Å². The van der Waals surface area contributed by atoms with Crippen molar-refractivity contribution in [3.8, 4) is 0 Å². The van der Waals surface area contributed by atoms with Gasteiger partial charge in [-0.25, -0.2) is 0 Å². The van der Waals surface area contributed by atoms with E-state index in [1.165, 1.54) is 57.8 Å². The number of hydrogen-bond donors (Lipinski definition) is 0. The van der Waals surface area contributed by atoms with Gasteiger partial charge in [-0.15, -0.1) is 0 Å². The largest absolute Gasteiger partial charge is 0.0651 e. The van der Waals surface area contributed by atoms with Crippen LogP contribution in [0.2, 0.25) is 0 Å². The van der Waals surface area contributed by atoms with Gasteiger partial charge in [-0.1, -0.05) is 72.6 Å². The molecule has 0 aromatic rings. The van der Waals surface area contributed by atoms with Crippen molar-refractivity contribution in [2.45, 2.75) is 85.5 Å². The van der Waals surface area contributed by atoms with Gasteiger partial charge in [0.1, 0.15) is 0 Å². The molecule has 2 aliphatic rings. The van der Waals surface area contributed by atoms with E-state index in [1.807, 2.05) is 0 Å². The summed E-state index contributed by atoms with van der Waals surface area (Å²) in [5, 5.41) is 0. The Bertz CT molecular complexity index is 257. The van der Waals surface area contributed by atoms with E-state index in [0.29, 0.717) is 0 Å². The second-order valence-corrected chi connectivity index (χ2v) is 7.76. The summed E-state index contributed by atoms with van der Waals surface area (Å²) in [6.07, 6.45) is 13.4. The SMILES string of the molecule is CCC1CCCCC1C(C)C(C)C1CCCCC1C. The van der Waals surface area contributed by atoms with Gasteiger partial charge in [0.2, 0.25) is 0 Å². The summed E-state index contributed by atoms with van der Waals surface area (Å²) in [5.41, 5.74) is 0. The zero-order valence-electron chi connectivity index (χ0n) is 13.8. The van der Waals surface area contributed by atoms with Crippen LogP contribution < -0.4 is 0 Å². The second kappa shape index (κ2) is 7.14. The maximum atomic E-state index is 2.59. The molecule has 0 aromatic carbocycles. The maximum absolute atomic E-state index is 2.59. The molecule has 2 saturated carbocycles. The minimum Gasteiger partial charge on any atom is -0.0651 e. The van der Waals surface area contributed by atoms with Crippen LogP contribution in [0.5, 0.6) is 0 Å². The van der Waals surface area contributed by atoms with Crippen molar-refractivity contribution < 1.29 is 0 Å². The Morgan fingerprint density at radius 1 is 0.789 bits per heavy atom. The van der Waals surface area contributed by atoms with Crippen LogP contribution in [0.1, 0.15) is 85.5 Å². The van der Waals surface area contributed by atoms with Crippen LogP contribution in [-0.4, -0.2) is 0 Å². The molecular formula is C19H36. The van der Waals surface area contributed by atoms with Crippen molar-refractivity contribution >= 4 is 0 Å². The Kier molecular flexibility index (Phi) is 5.78. The van der Waals surface area contributed by atoms with Crippen molar-refractivity contribution in [3.63, 3.8) is 0 Å². The van der Waals surface area contributed by atoms with Crippen molar-refractivity contribution in [1.82, 2.24) is 0 Å². The maximum Gasteiger partial charge on any atom is -0.0358 e. The van der Waals surface area contributed by atoms with Crippen LogP contribution >= 0.6 is 0 Å². The van der Waals surface area contributed by atoms with Gasteiger partial charge in [0.25, 0.3) is 0 Å². The molecular weight excluding hydrogens is 228 g/mol. The van der Waals surface area contributed by atoms with Gasteiger partial charge < -0.3 is 0 Å². The van der Waals surface area contributed by atoms with Crippen molar-refractivity contribution in [3.05, 3.63) is 0 Å². The van der Waals surface area contributed by atoms with Gasteiger partial charge >= 0.3 is 0 Å². The molecule has 0 N–H and O–H groups in total. The first-order valence-electron chi connectivity index (χ1n) is 9.15. The predicted molar refractivity (Wildman–Crippen MR) is 85.2 cm³/mol. The van der Waals surface area contributed by atoms with E-state index < -0.39 is 0 Å². The van der Waals surface area contributed by atoms with Crippen LogP contribution in [0.25, 0.3) is 0 Å². The number of rotatable bonds is 4. The molecule has 0 saturated heterocycles. The highest BCUT2D eigenvalue weighted by molar-refractivity contribution is 4.86. The first kappa shape index (κ1) is 15.4. The Hall–Kier alpha value is 0. The minimum absolute atomic E-state index is 0.951. The molecule has 0 heterocycles. The molecule has 2 rings (SSSR count). The first-order valence-corrected chi connectivity index (χ1v) is 9.15. The van der Waals surface area contributed by atoms with Gasteiger partial charge in [-0.2, -0.15) is 0 Å². The molecule has 0 amide bonds. The lowest BCUT2D eigenvalue weighted by atomic mass is 9.63. The lowest BCUT2D eigenvalue weighted by molar-refractivity contribution is 0.0683. The zero-order valence-corrected chi connectivity index (χ0v) is 13.8. The highest BCUT2D eigenvalue weighted by Crippen LogP contribution is 2.45. The van der Waals surface area contributed by atoms with E-state index in [0.717, 1.165) is 35.5 Å². The summed E-state index contributed by atoms with van der Waals surface area (Å²) in [5.74, 6) is 5.97. The van der Waals surface area contributed by atoms with E-state index in [2.05, 4.69) is 27.7 Å². The molecule has 6 unspecified atom stereocenters. The van der Waals surface area contributed by atoms with E-state index in [-0.39, 0.29) is 0 Å². The third-order valence-corrected chi connectivity index (χ3v) is 6.85. The van der Waals surface area contributed by atoms with Crippen LogP contribution in [0.3, 0.4) is 0 Å². The van der Waals surface area contributed by atoms with Gasteiger partial charge in [0, 0.05) is 0 Å². The molecule has 6 atom stereocenters. The van der Waals surface area contributed by atoms with Crippen molar-refractivity contribution in [1.29, 1.82) is 0 Å². The molecule has 112 valence electrons. The Labute approximate surface area is 121 Å². The Balaban J connectivity index is 1.98. The monoisotopic (exact) mass is 264 g/mol. The molecule has 0 spiro atoms. The van der Waals surface area contributed by atoms with E-state index in [9.17, 15) is 0 Å². The van der Waals surface area contributed by atoms with Crippen molar-refractivity contribution in [2.24, 2.45) is 35.5 Å². The van der Waals surface area contributed by atoms with Crippen LogP contribution in [0.15, 0.2) is 0 Å². The summed E-state index contributed by atoms with van der Waals surface area (Å²) in [6.45, 7) is 10.1. The standard InChI is InChI=1S/C19H36/c1-5-17-11-7-9-13-19(17)16(4)15(3)18-12-8-6-10-14(18)2/h14-19H,5-13H2,1-4H3. The molecule has 19 heavy (non-hydrogen) atoms. The fraction of sp³-hybridized carbons (Fsp3) is 1.00. The summed E-state index contributed by atoms with van der Waals surface area (Å²) in [7, 11) is 0. The lowest BCUT2D eigenvalue weighted by Crippen LogP contribution is -2.34. The summed E-state index contributed by atoms with van der Waals surface area (Å²) in [4.78, 5) is 0. The summed E-state index contributed by atoms with van der Waals surface area (Å²) >= 11 is 0. The van der Waals surface area contributed by atoms with Gasteiger partial charge in [-0.05, 0) is 48.3 Å². The molecule has 0 heteroatoms. The Morgan fingerprint density at radius 2 is 1.32 bits per heavy atom. The molecule has 2 aliphatic carbocycles. The highest BCUT2D eigenvalue weighted by atomic mass is 14.4. The summed E-state index contributed by atoms with van der Waals surface area (Å²) < 4.78 is 0. The summed E-state index contributed by atoms with van der Waals surface area (Å²) in [6, 6.07) is 0. The average Bonchev–Trinajstić information content (AvgIpc) is 2.46. The predicted octanol–water partition coefficient (Wildman–Crippen LogP) is 6.30. The Morgan fingerprint density at radius 3 is 1.95 bits per heavy atom. The highest BCUT2D eigenvalue weighted by Gasteiger charge is 2.36. The molecule has 0 aliphatic heterocycles. The molecule has 2 fully saturated rings. The van der Waals surface area contributed by atoms with E-state index in [1.54, 1.807) is 0 Å². The number of hydrogen-bond acceptors (Lipinski definition) is 0. The zero-order chi connectivity index (χ0) is 13.8. The molecule has 0 radical (unpaired) electrons.